The summed E-state index contributed by atoms with van der Waals surface area (Å²) in [7, 11) is 3.42. The van der Waals surface area contributed by atoms with Gasteiger partial charge in [0.1, 0.15) is 11.5 Å². The van der Waals surface area contributed by atoms with E-state index in [2.05, 4.69) is 60.7 Å². The quantitative estimate of drug-likeness (QED) is 0.484. The average Bonchev–Trinajstić information content (AvgIpc) is 2.65. The van der Waals surface area contributed by atoms with Crippen LogP contribution in [0.25, 0.3) is 32.7 Å². The summed E-state index contributed by atoms with van der Waals surface area (Å²) in [6, 6.07) is 25.1. The van der Waals surface area contributed by atoms with Crippen molar-refractivity contribution in [1.82, 2.24) is 0 Å². The minimum Gasteiger partial charge on any atom is -0.497 e. The van der Waals surface area contributed by atoms with Crippen molar-refractivity contribution in [2.24, 2.45) is 0 Å². The van der Waals surface area contributed by atoms with Crippen LogP contribution >= 0.6 is 0 Å². The average molecular weight is 314 g/mol. The smallest absolute Gasteiger partial charge is 0.127 e. The van der Waals surface area contributed by atoms with Crippen LogP contribution in [0, 0.1) is 0 Å². The number of hydrogen-bond acceptors (Lipinski definition) is 2. The highest BCUT2D eigenvalue weighted by Crippen LogP contribution is 2.38. The van der Waals surface area contributed by atoms with Crippen molar-refractivity contribution >= 4 is 21.5 Å². The summed E-state index contributed by atoms with van der Waals surface area (Å²) in [6.45, 7) is 0. The fourth-order valence-corrected chi connectivity index (χ4v) is 3.22. The maximum absolute atomic E-state index is 5.68. The van der Waals surface area contributed by atoms with Crippen LogP contribution in [0.15, 0.2) is 72.8 Å². The number of hydrogen-bond donors (Lipinski definition) is 0. The molecular formula is C22H18O2. The molecule has 0 aliphatic rings. The molecule has 0 fully saturated rings. The molecule has 0 saturated heterocycles. The fourth-order valence-electron chi connectivity index (χ4n) is 3.22. The molecule has 0 aliphatic carbocycles. The Balaban J connectivity index is 2.01. The predicted octanol–water partition coefficient (Wildman–Crippen LogP) is 5.68. The molecule has 0 aromatic heterocycles. The first-order valence-corrected chi connectivity index (χ1v) is 7.94. The zero-order chi connectivity index (χ0) is 16.5. The molecule has 4 aromatic rings. The molecule has 24 heavy (non-hydrogen) atoms. The van der Waals surface area contributed by atoms with Crippen molar-refractivity contribution in [1.29, 1.82) is 0 Å². The second-order valence-corrected chi connectivity index (χ2v) is 5.79. The van der Waals surface area contributed by atoms with E-state index in [1.165, 1.54) is 16.2 Å². The predicted molar refractivity (Wildman–Crippen MR) is 100.0 cm³/mol. The van der Waals surface area contributed by atoms with E-state index in [-0.39, 0.29) is 0 Å². The largest absolute Gasteiger partial charge is 0.497 e. The van der Waals surface area contributed by atoms with Gasteiger partial charge < -0.3 is 9.47 Å². The zero-order valence-electron chi connectivity index (χ0n) is 13.7. The summed E-state index contributed by atoms with van der Waals surface area (Å²) in [4.78, 5) is 0. The van der Waals surface area contributed by atoms with Gasteiger partial charge in [0, 0.05) is 5.56 Å². The van der Waals surface area contributed by atoms with E-state index >= 15 is 0 Å². The Morgan fingerprint density at radius 3 is 2.08 bits per heavy atom. The number of ether oxygens (including phenoxy) is 2. The molecule has 118 valence electrons. The Morgan fingerprint density at radius 1 is 0.583 bits per heavy atom. The van der Waals surface area contributed by atoms with E-state index in [0.29, 0.717) is 0 Å². The van der Waals surface area contributed by atoms with E-state index in [0.717, 1.165) is 28.0 Å². The highest BCUT2D eigenvalue weighted by molar-refractivity contribution is 6.01. The summed E-state index contributed by atoms with van der Waals surface area (Å²) in [5, 5.41) is 4.73. The van der Waals surface area contributed by atoms with Crippen LogP contribution in [-0.4, -0.2) is 14.2 Å². The molecular weight excluding hydrogens is 296 g/mol. The van der Waals surface area contributed by atoms with Gasteiger partial charge in [0.2, 0.25) is 0 Å². The summed E-state index contributed by atoms with van der Waals surface area (Å²) in [6.07, 6.45) is 0. The Hall–Kier alpha value is -3.00. The monoisotopic (exact) mass is 314 g/mol. The van der Waals surface area contributed by atoms with Gasteiger partial charge in [-0.3, -0.25) is 0 Å². The molecule has 0 N–H and O–H groups in total. The maximum atomic E-state index is 5.68. The van der Waals surface area contributed by atoms with Crippen LogP contribution in [-0.2, 0) is 0 Å². The van der Waals surface area contributed by atoms with Crippen molar-refractivity contribution < 1.29 is 9.47 Å². The molecule has 0 saturated carbocycles. The maximum Gasteiger partial charge on any atom is 0.127 e. The lowest BCUT2D eigenvalue weighted by Gasteiger charge is -2.13. The molecule has 0 radical (unpaired) electrons. The number of methoxy groups -OCH3 is 2. The highest BCUT2D eigenvalue weighted by Gasteiger charge is 2.11. The Morgan fingerprint density at radius 2 is 1.33 bits per heavy atom. The van der Waals surface area contributed by atoms with Crippen LogP contribution in [0.4, 0.5) is 0 Å². The Bertz CT molecular complexity index is 1030. The van der Waals surface area contributed by atoms with E-state index in [1.807, 2.05) is 12.1 Å². The van der Waals surface area contributed by atoms with Crippen LogP contribution in [0.5, 0.6) is 11.5 Å². The van der Waals surface area contributed by atoms with Crippen molar-refractivity contribution in [3.63, 3.8) is 0 Å². The van der Waals surface area contributed by atoms with Gasteiger partial charge in [-0.15, -0.1) is 0 Å². The molecule has 2 nitrogen and oxygen atoms in total. The van der Waals surface area contributed by atoms with Gasteiger partial charge in [-0.2, -0.15) is 0 Å². The molecule has 4 rings (SSSR count). The Labute approximate surface area is 141 Å². The summed E-state index contributed by atoms with van der Waals surface area (Å²) < 4.78 is 11.0. The lowest BCUT2D eigenvalue weighted by molar-refractivity contribution is 0.415. The molecule has 0 amide bonds. The molecule has 0 atom stereocenters. The second kappa shape index (κ2) is 5.89. The van der Waals surface area contributed by atoms with E-state index in [9.17, 15) is 0 Å². The molecule has 0 spiro atoms. The minimum atomic E-state index is 0.866. The van der Waals surface area contributed by atoms with Gasteiger partial charge in [-0.05, 0) is 51.4 Å². The lowest BCUT2D eigenvalue weighted by Crippen LogP contribution is -1.90. The summed E-state index contributed by atoms with van der Waals surface area (Å²) >= 11 is 0. The van der Waals surface area contributed by atoms with Crippen LogP contribution < -0.4 is 9.47 Å². The third kappa shape index (κ3) is 2.37. The fraction of sp³-hybridized carbons (Fsp3) is 0.0909. The van der Waals surface area contributed by atoms with Crippen LogP contribution in [0.1, 0.15) is 0 Å². The van der Waals surface area contributed by atoms with Crippen LogP contribution in [0.3, 0.4) is 0 Å². The van der Waals surface area contributed by atoms with Crippen molar-refractivity contribution in [3.05, 3.63) is 72.8 Å². The van der Waals surface area contributed by atoms with Gasteiger partial charge in [0.15, 0.2) is 0 Å². The molecule has 4 aromatic carbocycles. The van der Waals surface area contributed by atoms with Gasteiger partial charge in [0.25, 0.3) is 0 Å². The summed E-state index contributed by atoms with van der Waals surface area (Å²) in [5.41, 5.74) is 2.27. The topological polar surface area (TPSA) is 18.5 Å². The van der Waals surface area contributed by atoms with Gasteiger partial charge in [-0.1, -0.05) is 48.5 Å². The second-order valence-electron chi connectivity index (χ2n) is 5.79. The lowest BCUT2D eigenvalue weighted by atomic mass is 9.95. The normalized spacial score (nSPS) is 10.9. The third-order valence-electron chi connectivity index (χ3n) is 4.45. The SMILES string of the molecule is COc1ccc2c(-c3cc4ccccc4cc3OC)cccc2c1. The van der Waals surface area contributed by atoms with Gasteiger partial charge >= 0.3 is 0 Å². The number of benzene rings is 4. The molecule has 0 unspecified atom stereocenters. The van der Waals surface area contributed by atoms with Gasteiger partial charge in [0.05, 0.1) is 14.2 Å². The van der Waals surface area contributed by atoms with Gasteiger partial charge in [-0.25, -0.2) is 0 Å². The highest BCUT2D eigenvalue weighted by atomic mass is 16.5. The van der Waals surface area contributed by atoms with Crippen molar-refractivity contribution in [2.75, 3.05) is 14.2 Å². The van der Waals surface area contributed by atoms with Crippen molar-refractivity contribution in [2.45, 2.75) is 0 Å². The standard InChI is InChI=1S/C22H18O2/c1-23-18-10-11-19-17(12-18)8-5-9-20(19)21-13-15-6-3-4-7-16(15)14-22(21)24-2/h3-14H,1-2H3. The van der Waals surface area contributed by atoms with Crippen molar-refractivity contribution in [3.8, 4) is 22.6 Å². The van der Waals surface area contributed by atoms with E-state index in [4.69, 9.17) is 9.47 Å². The number of rotatable bonds is 3. The molecule has 0 aliphatic heterocycles. The first kappa shape index (κ1) is 14.6. The van der Waals surface area contributed by atoms with Crippen LogP contribution in [0.2, 0.25) is 0 Å². The minimum absolute atomic E-state index is 0.866. The molecule has 0 bridgehead atoms. The van der Waals surface area contributed by atoms with E-state index < -0.39 is 0 Å². The molecule has 0 heterocycles. The first-order valence-electron chi connectivity index (χ1n) is 7.94. The number of fused-ring (bicyclic) bond motifs is 2. The molecule has 2 heteroatoms. The summed E-state index contributed by atoms with van der Waals surface area (Å²) in [5.74, 6) is 1.75. The zero-order valence-corrected chi connectivity index (χ0v) is 13.7. The first-order chi connectivity index (χ1) is 11.8. The van der Waals surface area contributed by atoms with E-state index in [1.54, 1.807) is 14.2 Å². The third-order valence-corrected chi connectivity index (χ3v) is 4.45. The Kier molecular flexibility index (Phi) is 3.58.